The maximum Gasteiger partial charge on any atom is 0.407 e. The molecule has 0 spiro atoms. The zero-order valence-electron chi connectivity index (χ0n) is 17.7. The number of carbonyl (C=O) groups is 1. The number of fused-ring (bicyclic) bond motifs is 3. The van der Waals surface area contributed by atoms with E-state index in [0.29, 0.717) is 42.8 Å². The number of piperidine rings is 1. The molecule has 7 rings (SSSR count). The van der Waals surface area contributed by atoms with Crippen molar-refractivity contribution in [2.75, 3.05) is 18.0 Å². The smallest absolute Gasteiger partial charge is 0.407 e. The Morgan fingerprint density at radius 1 is 1.18 bits per heavy atom. The highest BCUT2D eigenvalue weighted by atomic mass is 16.5. The van der Waals surface area contributed by atoms with Gasteiger partial charge in [-0.25, -0.2) is 14.3 Å². The van der Waals surface area contributed by atoms with E-state index in [9.17, 15) is 20.3 Å². The number of hydrogen-bond acceptors (Lipinski definition) is 7. The number of pyridine rings is 2. The summed E-state index contributed by atoms with van der Waals surface area (Å²) in [6, 6.07) is 8.01. The first-order chi connectivity index (χ1) is 16.0. The largest absolute Gasteiger partial charge is 0.489 e. The van der Waals surface area contributed by atoms with Crippen molar-refractivity contribution in [1.29, 1.82) is 5.26 Å². The molecule has 0 radical (unpaired) electrons. The molecule has 3 saturated heterocycles. The lowest BCUT2D eigenvalue weighted by molar-refractivity contribution is -0.0109. The summed E-state index contributed by atoms with van der Waals surface area (Å²) in [6.07, 6.45) is 5.96. The Morgan fingerprint density at radius 2 is 1.97 bits per heavy atom. The van der Waals surface area contributed by atoms with E-state index in [1.807, 2.05) is 18.2 Å². The summed E-state index contributed by atoms with van der Waals surface area (Å²) >= 11 is 0. The van der Waals surface area contributed by atoms with Gasteiger partial charge >= 0.3 is 6.09 Å². The molecule has 10 heteroatoms. The van der Waals surface area contributed by atoms with Crippen LogP contribution in [0.5, 0.6) is 5.75 Å². The fraction of sp³-hybridized carbons (Fsp3) is 0.391. The van der Waals surface area contributed by atoms with Crippen molar-refractivity contribution in [3.63, 3.8) is 0 Å². The van der Waals surface area contributed by atoms with Gasteiger partial charge in [0.1, 0.15) is 23.7 Å². The van der Waals surface area contributed by atoms with Crippen LogP contribution in [0.15, 0.2) is 36.8 Å². The van der Waals surface area contributed by atoms with Crippen LogP contribution in [0.1, 0.15) is 24.8 Å². The van der Waals surface area contributed by atoms with E-state index in [1.165, 1.54) is 11.1 Å². The summed E-state index contributed by atoms with van der Waals surface area (Å²) in [7, 11) is 0. The van der Waals surface area contributed by atoms with Gasteiger partial charge in [-0.15, -0.1) is 0 Å². The molecule has 1 aliphatic carbocycles. The number of nitriles is 1. The Hall–Kier alpha value is -3.84. The molecule has 4 aliphatic rings. The van der Waals surface area contributed by atoms with Gasteiger partial charge < -0.3 is 19.8 Å². The lowest BCUT2D eigenvalue weighted by atomic mass is 9.88. The Balaban J connectivity index is 1.30. The molecule has 10 nitrogen and oxygen atoms in total. The predicted octanol–water partition coefficient (Wildman–Crippen LogP) is 2.11. The van der Waals surface area contributed by atoms with Crippen LogP contribution in [0, 0.1) is 11.3 Å². The molecule has 3 aromatic heterocycles. The molecular formula is C23H22N6O4. The molecule has 168 valence electrons. The first-order valence-electron chi connectivity index (χ1n) is 11.0. The number of amides is 1. The Kier molecular flexibility index (Phi) is 4.41. The molecule has 2 atom stereocenters. The number of aliphatic hydroxyl groups is 1. The van der Waals surface area contributed by atoms with E-state index in [2.05, 4.69) is 21.1 Å². The van der Waals surface area contributed by atoms with Crippen LogP contribution < -0.4 is 9.64 Å². The van der Waals surface area contributed by atoms with Gasteiger partial charge in [0, 0.05) is 43.3 Å². The SMILES string of the molecule is N#Cc1cnn2cc(O[C@H]3C[C@H](O)C3)cc(-c3ccc(N4CC5CC(C4)N5C(=O)O)nc3)c12. The Morgan fingerprint density at radius 3 is 2.61 bits per heavy atom. The highest BCUT2D eigenvalue weighted by Crippen LogP contribution is 2.36. The van der Waals surface area contributed by atoms with Gasteiger partial charge in [0.2, 0.25) is 0 Å². The van der Waals surface area contributed by atoms with Crippen LogP contribution >= 0.6 is 0 Å². The summed E-state index contributed by atoms with van der Waals surface area (Å²) in [5.41, 5.74) is 2.77. The zero-order valence-corrected chi connectivity index (χ0v) is 17.7. The molecule has 2 bridgehead atoms. The van der Waals surface area contributed by atoms with Crippen molar-refractivity contribution in [3.05, 3.63) is 42.4 Å². The molecule has 3 aromatic rings. The molecule has 1 amide bonds. The molecule has 2 unspecified atom stereocenters. The third-order valence-corrected chi connectivity index (χ3v) is 6.88. The molecule has 6 heterocycles. The first kappa shape index (κ1) is 19.8. The summed E-state index contributed by atoms with van der Waals surface area (Å²) in [6.45, 7) is 1.27. The second-order valence-corrected chi connectivity index (χ2v) is 8.96. The van der Waals surface area contributed by atoms with E-state index < -0.39 is 6.09 Å². The second-order valence-electron chi connectivity index (χ2n) is 8.96. The normalized spacial score (nSPS) is 25.8. The minimum Gasteiger partial charge on any atom is -0.489 e. The Bertz CT molecular complexity index is 1260. The minimum absolute atomic E-state index is 0.0196. The van der Waals surface area contributed by atoms with Gasteiger partial charge in [-0.3, -0.25) is 4.90 Å². The van der Waals surface area contributed by atoms with E-state index in [1.54, 1.807) is 16.9 Å². The van der Waals surface area contributed by atoms with Crippen LogP contribution in [-0.4, -0.2) is 73.2 Å². The standard InChI is InChI=1S/C23H22N6O4/c24-7-14-9-26-28-12-19(33-18-4-17(30)5-18)6-20(22(14)28)13-1-2-21(25-8-13)27-10-15-3-16(11-27)29(15)23(31)32/h1-2,6,8-9,12,15-18,30H,3-5,10-11H2,(H,31,32)/t15?,16?,17-,18-. The third-order valence-electron chi connectivity index (χ3n) is 6.88. The number of ether oxygens (including phenoxy) is 1. The van der Waals surface area contributed by atoms with Crippen LogP contribution in [0.2, 0.25) is 0 Å². The van der Waals surface area contributed by atoms with Gasteiger partial charge in [0.25, 0.3) is 0 Å². The number of anilines is 1. The highest BCUT2D eigenvalue weighted by Gasteiger charge is 2.47. The topological polar surface area (TPSA) is 127 Å². The van der Waals surface area contributed by atoms with E-state index in [-0.39, 0.29) is 24.3 Å². The van der Waals surface area contributed by atoms with Crippen LogP contribution in [0.3, 0.4) is 0 Å². The van der Waals surface area contributed by atoms with Gasteiger partial charge in [-0.1, -0.05) is 0 Å². The van der Waals surface area contributed by atoms with E-state index >= 15 is 0 Å². The molecule has 33 heavy (non-hydrogen) atoms. The van der Waals surface area contributed by atoms with Gasteiger partial charge in [0.05, 0.1) is 41.7 Å². The number of carboxylic acid groups (broad SMARTS) is 1. The number of piperazine rings is 1. The second kappa shape index (κ2) is 7.35. The van der Waals surface area contributed by atoms with Crippen molar-refractivity contribution >= 4 is 17.4 Å². The number of hydrogen-bond donors (Lipinski definition) is 2. The minimum atomic E-state index is -0.851. The van der Waals surface area contributed by atoms with Crippen LogP contribution in [0.4, 0.5) is 10.6 Å². The monoisotopic (exact) mass is 446 g/mol. The lowest BCUT2D eigenvalue weighted by Gasteiger charge is -2.55. The number of aromatic nitrogens is 3. The van der Waals surface area contributed by atoms with Crippen molar-refractivity contribution < 1.29 is 19.7 Å². The predicted molar refractivity (Wildman–Crippen MR) is 117 cm³/mol. The average Bonchev–Trinajstić information content (AvgIpc) is 3.20. The molecule has 1 saturated carbocycles. The van der Waals surface area contributed by atoms with E-state index in [0.717, 1.165) is 23.4 Å². The van der Waals surface area contributed by atoms with Crippen LogP contribution in [-0.2, 0) is 0 Å². The Labute approximate surface area is 189 Å². The summed E-state index contributed by atoms with van der Waals surface area (Å²) in [5, 5.41) is 32.7. The fourth-order valence-electron chi connectivity index (χ4n) is 5.13. The molecule has 3 aliphatic heterocycles. The third kappa shape index (κ3) is 3.24. The van der Waals surface area contributed by atoms with Crippen molar-refractivity contribution in [1.82, 2.24) is 19.5 Å². The quantitative estimate of drug-likeness (QED) is 0.624. The summed E-state index contributed by atoms with van der Waals surface area (Å²) in [4.78, 5) is 19.7. The number of rotatable bonds is 4. The van der Waals surface area contributed by atoms with Gasteiger partial charge in [0.15, 0.2) is 0 Å². The van der Waals surface area contributed by atoms with Crippen molar-refractivity contribution in [2.45, 2.75) is 43.6 Å². The highest BCUT2D eigenvalue weighted by molar-refractivity contribution is 5.85. The first-order valence-corrected chi connectivity index (χ1v) is 11.0. The maximum absolute atomic E-state index is 11.3. The molecule has 2 N–H and O–H groups in total. The van der Waals surface area contributed by atoms with Crippen molar-refractivity contribution in [3.8, 4) is 22.9 Å². The summed E-state index contributed by atoms with van der Waals surface area (Å²) < 4.78 is 7.66. The van der Waals surface area contributed by atoms with Crippen LogP contribution in [0.25, 0.3) is 16.6 Å². The molecule has 4 fully saturated rings. The average molecular weight is 446 g/mol. The van der Waals surface area contributed by atoms with E-state index in [4.69, 9.17) is 4.74 Å². The summed E-state index contributed by atoms with van der Waals surface area (Å²) in [5.74, 6) is 1.43. The fourth-order valence-corrected chi connectivity index (χ4v) is 5.13. The molecular weight excluding hydrogens is 424 g/mol. The maximum atomic E-state index is 11.3. The van der Waals surface area contributed by atoms with Gasteiger partial charge in [-0.05, 0) is 24.6 Å². The lowest BCUT2D eigenvalue weighted by Crippen LogP contribution is -2.70. The number of nitrogens with zero attached hydrogens (tertiary/aromatic N) is 6. The number of aliphatic hydroxyl groups excluding tert-OH is 1. The van der Waals surface area contributed by atoms with Gasteiger partial charge in [-0.2, -0.15) is 10.4 Å². The van der Waals surface area contributed by atoms with Crippen molar-refractivity contribution in [2.24, 2.45) is 0 Å². The molecule has 0 aromatic carbocycles. The zero-order chi connectivity index (χ0) is 22.7.